The molecule has 0 fully saturated rings. The number of amides is 1. The first kappa shape index (κ1) is 21.3. The summed E-state index contributed by atoms with van der Waals surface area (Å²) in [4.78, 5) is 11.9. The monoisotopic (exact) mass is 438 g/mol. The number of rotatable bonds is 5. The Labute approximate surface area is 169 Å². The van der Waals surface area contributed by atoms with Crippen LogP contribution in [0.5, 0.6) is 0 Å². The van der Waals surface area contributed by atoms with Gasteiger partial charge in [-0.3, -0.25) is 9.52 Å². The fraction of sp³-hybridized carbons (Fsp3) is 0.0500. The van der Waals surface area contributed by atoms with Crippen LogP contribution in [0.1, 0.15) is 15.9 Å². The molecule has 0 bridgehead atoms. The van der Waals surface area contributed by atoms with E-state index in [2.05, 4.69) is 10.0 Å². The summed E-state index contributed by atoms with van der Waals surface area (Å²) in [6.07, 6.45) is -4.61. The molecule has 0 saturated carbocycles. The van der Waals surface area contributed by atoms with Gasteiger partial charge in [-0.1, -0.05) is 6.07 Å². The number of anilines is 2. The molecule has 0 aliphatic rings. The molecular weight excluding hydrogens is 424 g/mol. The Balaban J connectivity index is 1.73. The van der Waals surface area contributed by atoms with Gasteiger partial charge in [0.1, 0.15) is 5.82 Å². The zero-order valence-electron chi connectivity index (χ0n) is 15.1. The molecule has 3 rings (SSSR count). The maximum atomic E-state index is 12.9. The number of hydrogen-bond acceptors (Lipinski definition) is 3. The van der Waals surface area contributed by atoms with Gasteiger partial charge in [-0.05, 0) is 66.7 Å². The highest BCUT2D eigenvalue weighted by atomic mass is 32.2. The lowest BCUT2D eigenvalue weighted by atomic mass is 10.2. The Hall–Kier alpha value is -3.40. The Morgan fingerprint density at radius 1 is 0.833 bits per heavy atom. The topological polar surface area (TPSA) is 75.3 Å². The number of benzene rings is 3. The van der Waals surface area contributed by atoms with Crippen molar-refractivity contribution in [1.82, 2.24) is 0 Å². The van der Waals surface area contributed by atoms with Crippen LogP contribution in [-0.2, 0) is 16.2 Å². The second-order valence-corrected chi connectivity index (χ2v) is 7.85. The Morgan fingerprint density at radius 2 is 1.47 bits per heavy atom. The van der Waals surface area contributed by atoms with Crippen molar-refractivity contribution in [3.05, 3.63) is 89.7 Å². The number of carbonyl (C=O) groups excluding carboxylic acids is 1. The van der Waals surface area contributed by atoms with E-state index in [-0.39, 0.29) is 21.8 Å². The zero-order chi connectivity index (χ0) is 21.9. The number of alkyl halides is 3. The largest absolute Gasteiger partial charge is 0.416 e. The van der Waals surface area contributed by atoms with E-state index < -0.39 is 33.5 Å². The summed E-state index contributed by atoms with van der Waals surface area (Å²) >= 11 is 0. The highest BCUT2D eigenvalue weighted by molar-refractivity contribution is 7.92. The first-order valence-electron chi connectivity index (χ1n) is 8.42. The van der Waals surface area contributed by atoms with Crippen LogP contribution in [-0.4, -0.2) is 14.3 Å². The van der Waals surface area contributed by atoms with Crippen molar-refractivity contribution >= 4 is 27.3 Å². The van der Waals surface area contributed by atoms with Crippen LogP contribution >= 0.6 is 0 Å². The summed E-state index contributed by atoms with van der Waals surface area (Å²) in [7, 11) is -4.15. The molecule has 5 nitrogen and oxygen atoms in total. The van der Waals surface area contributed by atoms with Crippen molar-refractivity contribution in [2.24, 2.45) is 0 Å². The molecule has 3 aromatic carbocycles. The van der Waals surface area contributed by atoms with Gasteiger partial charge in [0.2, 0.25) is 0 Å². The van der Waals surface area contributed by atoms with Crippen LogP contribution in [0.4, 0.5) is 28.9 Å². The number of hydrogen-bond donors (Lipinski definition) is 2. The third-order valence-electron chi connectivity index (χ3n) is 3.97. The molecule has 0 saturated heterocycles. The number of carbonyl (C=O) groups is 1. The number of halogens is 4. The van der Waals surface area contributed by atoms with E-state index in [1.54, 1.807) is 0 Å². The third kappa shape index (κ3) is 5.15. The summed E-state index contributed by atoms with van der Waals surface area (Å²) in [6.45, 7) is 0. The molecule has 156 valence electrons. The van der Waals surface area contributed by atoms with Crippen LogP contribution < -0.4 is 10.0 Å². The first-order chi connectivity index (χ1) is 14.0. The quantitative estimate of drug-likeness (QED) is 0.557. The van der Waals surface area contributed by atoms with Crippen LogP contribution in [0.25, 0.3) is 0 Å². The minimum absolute atomic E-state index is 0.208. The lowest BCUT2D eigenvalue weighted by molar-refractivity contribution is -0.137. The smallest absolute Gasteiger partial charge is 0.322 e. The molecule has 0 aromatic heterocycles. The molecule has 0 heterocycles. The molecule has 0 atom stereocenters. The van der Waals surface area contributed by atoms with Gasteiger partial charge in [0.15, 0.2) is 0 Å². The molecule has 0 aliphatic carbocycles. The molecule has 10 heteroatoms. The summed E-state index contributed by atoms with van der Waals surface area (Å²) in [5, 5.41) is 2.53. The van der Waals surface area contributed by atoms with Crippen LogP contribution in [0, 0.1) is 5.82 Å². The van der Waals surface area contributed by atoms with Crippen LogP contribution in [0.3, 0.4) is 0 Å². The van der Waals surface area contributed by atoms with Crippen molar-refractivity contribution in [2.75, 3.05) is 10.0 Å². The Morgan fingerprint density at radius 3 is 2.07 bits per heavy atom. The summed E-state index contributed by atoms with van der Waals surface area (Å²) in [5.74, 6) is -1.01. The average molecular weight is 438 g/mol. The predicted molar refractivity (Wildman–Crippen MR) is 103 cm³/mol. The zero-order valence-corrected chi connectivity index (χ0v) is 15.9. The van der Waals surface area contributed by atoms with E-state index in [0.717, 1.165) is 24.3 Å². The summed E-state index contributed by atoms with van der Waals surface area (Å²) < 4.78 is 78.2. The normalized spacial score (nSPS) is 11.7. The van der Waals surface area contributed by atoms with Crippen LogP contribution in [0.15, 0.2) is 77.7 Å². The maximum absolute atomic E-state index is 12.9. The molecule has 3 aromatic rings. The number of sulfonamides is 1. The van der Waals surface area contributed by atoms with Gasteiger partial charge in [-0.25, -0.2) is 12.8 Å². The number of nitrogens with one attached hydrogen (secondary N) is 2. The van der Waals surface area contributed by atoms with E-state index in [1.165, 1.54) is 42.5 Å². The van der Waals surface area contributed by atoms with Gasteiger partial charge >= 0.3 is 6.18 Å². The van der Waals surface area contributed by atoms with E-state index in [0.29, 0.717) is 6.07 Å². The van der Waals surface area contributed by atoms with Crippen molar-refractivity contribution in [3.8, 4) is 0 Å². The van der Waals surface area contributed by atoms with Crippen molar-refractivity contribution < 1.29 is 30.8 Å². The molecular formula is C20H14F4N2O3S. The molecule has 1 amide bonds. The highest BCUT2D eigenvalue weighted by Gasteiger charge is 2.30. The lowest BCUT2D eigenvalue weighted by Crippen LogP contribution is -2.15. The first-order valence-corrected chi connectivity index (χ1v) is 9.90. The molecule has 30 heavy (non-hydrogen) atoms. The lowest BCUT2D eigenvalue weighted by Gasteiger charge is -2.12. The second kappa shape index (κ2) is 8.15. The van der Waals surface area contributed by atoms with E-state index in [9.17, 15) is 30.8 Å². The van der Waals surface area contributed by atoms with Gasteiger partial charge in [-0.2, -0.15) is 13.2 Å². The molecule has 0 radical (unpaired) electrons. The molecule has 0 aliphatic heterocycles. The second-order valence-electron chi connectivity index (χ2n) is 6.17. The molecule has 2 N–H and O–H groups in total. The Kier molecular flexibility index (Phi) is 5.79. The summed E-state index contributed by atoms with van der Waals surface area (Å²) in [6, 6.07) is 13.7. The van der Waals surface area contributed by atoms with Gasteiger partial charge < -0.3 is 5.32 Å². The van der Waals surface area contributed by atoms with Gasteiger partial charge in [0, 0.05) is 16.9 Å². The van der Waals surface area contributed by atoms with Gasteiger partial charge in [0.05, 0.1) is 10.5 Å². The van der Waals surface area contributed by atoms with Crippen molar-refractivity contribution in [3.63, 3.8) is 0 Å². The van der Waals surface area contributed by atoms with Crippen LogP contribution in [0.2, 0.25) is 0 Å². The minimum Gasteiger partial charge on any atom is -0.322 e. The summed E-state index contributed by atoms with van der Waals surface area (Å²) in [5.41, 5.74) is -0.735. The minimum atomic E-state index is -4.61. The van der Waals surface area contributed by atoms with Gasteiger partial charge in [0.25, 0.3) is 15.9 Å². The SMILES string of the molecule is O=C(Nc1ccc(S(=O)(=O)Nc2cccc(C(F)(F)F)c2)cc1)c1ccc(F)cc1. The van der Waals surface area contributed by atoms with Gasteiger partial charge in [-0.15, -0.1) is 0 Å². The Bertz CT molecular complexity index is 1160. The fourth-order valence-electron chi connectivity index (χ4n) is 2.50. The standard InChI is InChI=1S/C20H14F4N2O3S/c21-15-6-4-13(5-7-15)19(27)25-16-8-10-18(11-9-16)30(28,29)26-17-3-1-2-14(12-17)20(22,23)24/h1-12,26H,(H,25,27). The maximum Gasteiger partial charge on any atom is 0.416 e. The third-order valence-corrected chi connectivity index (χ3v) is 5.37. The van der Waals surface area contributed by atoms with Crippen molar-refractivity contribution in [1.29, 1.82) is 0 Å². The fourth-order valence-corrected chi connectivity index (χ4v) is 3.54. The highest BCUT2D eigenvalue weighted by Crippen LogP contribution is 2.31. The van der Waals surface area contributed by atoms with E-state index >= 15 is 0 Å². The predicted octanol–water partition coefficient (Wildman–Crippen LogP) is 4.90. The van der Waals surface area contributed by atoms with Crippen molar-refractivity contribution in [2.45, 2.75) is 11.1 Å². The molecule has 0 spiro atoms. The molecule has 0 unspecified atom stereocenters. The van der Waals surface area contributed by atoms with E-state index in [1.807, 2.05) is 0 Å². The average Bonchev–Trinajstić information content (AvgIpc) is 2.68. The van der Waals surface area contributed by atoms with E-state index in [4.69, 9.17) is 0 Å².